The van der Waals surface area contributed by atoms with E-state index in [9.17, 15) is 0 Å². The van der Waals surface area contributed by atoms with Gasteiger partial charge in [-0.2, -0.15) is 0 Å². The first kappa shape index (κ1) is 38.0. The molecule has 2 aromatic heterocycles. The van der Waals surface area contributed by atoms with E-state index in [0.717, 1.165) is 33.2 Å². The number of rotatable bonds is 7. The zero-order valence-corrected chi connectivity index (χ0v) is 33.8. The fraction of sp³-hybridized carbons (Fsp3) is 0.0400. The number of pyridine rings is 2. The number of nitrogens with zero attached hydrogens (tertiary/aromatic N) is 2. The van der Waals surface area contributed by atoms with Crippen molar-refractivity contribution in [2.45, 2.75) is 13.8 Å². The number of hydrogen-bond acceptors (Lipinski definition) is 2. The molecule has 0 atom stereocenters. The molecular weight excluding hydrogens is 754 g/mol. The van der Waals surface area contributed by atoms with Crippen LogP contribution in [0.15, 0.2) is 206 Å². The topological polar surface area (TPSA) is 25.8 Å². The summed E-state index contributed by atoms with van der Waals surface area (Å²) >= 11 is 0. The molecule has 2 heterocycles. The molecule has 0 N–H and O–H groups in total. The fourth-order valence-corrected chi connectivity index (χ4v) is 12.7. The van der Waals surface area contributed by atoms with Crippen molar-refractivity contribution in [3.05, 3.63) is 218 Å². The molecule has 7 aromatic carbocycles. The van der Waals surface area contributed by atoms with Crippen molar-refractivity contribution >= 4 is 69.5 Å². The average Bonchev–Trinajstić information content (AvgIpc) is 3.23. The first-order chi connectivity index (χ1) is 26.6. The van der Waals surface area contributed by atoms with Crippen LogP contribution in [-0.2, 0) is 17.1 Å². The molecule has 0 bridgehead atoms. The smallest absolute Gasteiger partial charge is 0.110 e. The zero-order chi connectivity index (χ0) is 36.7. The Kier molecular flexibility index (Phi) is 12.4. The van der Waals surface area contributed by atoms with E-state index in [1.807, 2.05) is 26.0 Å². The quantitative estimate of drug-likeness (QED) is 0.0913. The molecule has 0 spiro atoms. The van der Waals surface area contributed by atoms with Crippen molar-refractivity contribution in [2.24, 2.45) is 0 Å². The van der Waals surface area contributed by atoms with Crippen LogP contribution in [0.25, 0.3) is 32.9 Å². The monoisotopic (exact) mass is 795 g/mol. The molecule has 0 saturated heterocycles. The second-order valence-electron chi connectivity index (χ2n) is 13.4. The van der Waals surface area contributed by atoms with Gasteiger partial charge in [0, 0.05) is 50.4 Å². The zero-order valence-electron chi connectivity index (χ0n) is 30.8. The van der Waals surface area contributed by atoms with Crippen LogP contribution in [0.2, 0.25) is 0 Å². The maximum Gasteiger partial charge on any atom is 0.110 e. The third-order valence-corrected chi connectivity index (χ3v) is 15.3. The SMILES string of the molecule is Cc1ccc2ccc3ccc(C)nc3c2n1.[Cu].c1ccc([PH+](c2ccccc2)c2ccccc2-c2ccccc2[PH+](c2ccccc2)c2ccccc2)cc1. The van der Waals surface area contributed by atoms with Gasteiger partial charge in [0.2, 0.25) is 0 Å². The summed E-state index contributed by atoms with van der Waals surface area (Å²) in [6.07, 6.45) is 0. The first-order valence-corrected chi connectivity index (χ1v) is 21.4. The standard InChI is InChI=1S/C36H28P2.C14H12N2.Cu/c1-5-17-29(18-6-1)37(30-19-7-2-8-20-30)35-27-15-13-25-33(35)34-26-14-16-28-36(34)38(31-21-9-3-10-22-31)32-23-11-4-12-24-32;1-9-3-5-11-7-8-12-6-4-10(2)16-14(12)13(11)15-9;/h1-28H;3-8H,1-2H3;/p+2. The maximum atomic E-state index is 4.58. The Morgan fingerprint density at radius 1 is 0.309 bits per heavy atom. The Morgan fingerprint density at radius 2 is 0.582 bits per heavy atom. The third-order valence-electron chi connectivity index (χ3n) is 9.73. The Hall–Kier alpha value is -5.26. The van der Waals surface area contributed by atoms with Crippen LogP contribution < -0.4 is 31.8 Å². The van der Waals surface area contributed by atoms with E-state index in [-0.39, 0.29) is 17.1 Å². The molecule has 0 saturated carbocycles. The third kappa shape index (κ3) is 8.53. The maximum absolute atomic E-state index is 4.58. The predicted octanol–water partition coefficient (Wildman–Crippen LogP) is 9.73. The summed E-state index contributed by atoms with van der Waals surface area (Å²) in [6, 6.07) is 74.9. The molecule has 55 heavy (non-hydrogen) atoms. The van der Waals surface area contributed by atoms with Gasteiger partial charge >= 0.3 is 0 Å². The van der Waals surface area contributed by atoms with Crippen LogP contribution >= 0.6 is 15.8 Å². The second kappa shape index (κ2) is 17.9. The van der Waals surface area contributed by atoms with Gasteiger partial charge in [0.05, 0.1) is 26.9 Å². The van der Waals surface area contributed by atoms with Crippen molar-refractivity contribution in [3.8, 4) is 11.1 Å². The Bertz CT molecular complexity index is 2370. The minimum absolute atomic E-state index is 0. The van der Waals surface area contributed by atoms with Gasteiger partial charge < -0.3 is 0 Å². The molecule has 0 aliphatic heterocycles. The Balaban J connectivity index is 0.000000228. The van der Waals surface area contributed by atoms with Crippen molar-refractivity contribution in [2.75, 3.05) is 0 Å². The summed E-state index contributed by atoms with van der Waals surface area (Å²) < 4.78 is 0. The van der Waals surface area contributed by atoms with Crippen molar-refractivity contribution in [1.82, 2.24) is 9.97 Å². The van der Waals surface area contributed by atoms with E-state index >= 15 is 0 Å². The van der Waals surface area contributed by atoms with E-state index < -0.39 is 15.8 Å². The predicted molar refractivity (Wildman–Crippen MR) is 239 cm³/mol. The molecule has 5 heteroatoms. The molecular formula is C50H42CuN2P2+2. The summed E-state index contributed by atoms with van der Waals surface area (Å²) in [4.78, 5) is 9.16. The molecule has 9 aromatic rings. The molecule has 271 valence electrons. The number of benzene rings is 7. The fourth-order valence-electron chi connectivity index (χ4n) is 7.21. The molecule has 0 unspecified atom stereocenters. The summed E-state index contributed by atoms with van der Waals surface area (Å²) in [7, 11) is -2.43. The van der Waals surface area contributed by atoms with Gasteiger partial charge in [-0.25, -0.2) is 0 Å². The Morgan fingerprint density at radius 3 is 0.909 bits per heavy atom. The Labute approximate surface area is 337 Å². The molecule has 1 radical (unpaired) electrons. The van der Waals surface area contributed by atoms with Crippen molar-refractivity contribution < 1.29 is 17.1 Å². The average molecular weight is 796 g/mol. The van der Waals surface area contributed by atoms with E-state index in [2.05, 4.69) is 204 Å². The van der Waals surface area contributed by atoms with Crippen LogP contribution in [0.1, 0.15) is 11.4 Å². The van der Waals surface area contributed by atoms with E-state index in [1.54, 1.807) is 0 Å². The molecule has 0 amide bonds. The molecule has 9 rings (SSSR count). The van der Waals surface area contributed by atoms with Crippen LogP contribution in [0.3, 0.4) is 0 Å². The van der Waals surface area contributed by atoms with Crippen LogP contribution in [0, 0.1) is 13.8 Å². The molecule has 0 aliphatic carbocycles. The van der Waals surface area contributed by atoms with E-state index in [4.69, 9.17) is 0 Å². The van der Waals surface area contributed by atoms with E-state index in [0.29, 0.717) is 0 Å². The van der Waals surface area contributed by atoms with Gasteiger partial charge in [0.25, 0.3) is 0 Å². The normalized spacial score (nSPS) is 10.9. The van der Waals surface area contributed by atoms with Crippen LogP contribution in [0.5, 0.6) is 0 Å². The minimum atomic E-state index is -1.21. The van der Waals surface area contributed by atoms with Gasteiger partial charge in [0.1, 0.15) is 31.8 Å². The second-order valence-corrected chi connectivity index (χ2v) is 18.3. The number of fused-ring (bicyclic) bond motifs is 3. The number of aromatic nitrogens is 2. The summed E-state index contributed by atoms with van der Waals surface area (Å²) in [5.74, 6) is 0. The molecule has 2 nitrogen and oxygen atoms in total. The molecule has 0 fully saturated rings. The van der Waals surface area contributed by atoms with Gasteiger partial charge in [-0.15, -0.1) is 0 Å². The molecule has 0 aliphatic rings. The van der Waals surface area contributed by atoms with Gasteiger partial charge in [-0.3, -0.25) is 9.97 Å². The van der Waals surface area contributed by atoms with Gasteiger partial charge in [0.15, 0.2) is 0 Å². The van der Waals surface area contributed by atoms with Gasteiger partial charge in [-0.1, -0.05) is 133 Å². The van der Waals surface area contributed by atoms with Crippen molar-refractivity contribution in [3.63, 3.8) is 0 Å². The summed E-state index contributed by atoms with van der Waals surface area (Å²) in [5.41, 5.74) is 6.76. The largest absolute Gasteiger partial charge is 0.251 e. The van der Waals surface area contributed by atoms with Crippen molar-refractivity contribution in [1.29, 1.82) is 0 Å². The van der Waals surface area contributed by atoms with E-state index in [1.165, 1.54) is 43.0 Å². The number of hydrogen-bond donors (Lipinski definition) is 0. The van der Waals surface area contributed by atoms with Crippen LogP contribution in [-0.4, -0.2) is 9.97 Å². The van der Waals surface area contributed by atoms with Gasteiger partial charge in [-0.05, 0) is 86.6 Å². The summed E-state index contributed by atoms with van der Waals surface area (Å²) in [6.45, 7) is 4.02. The summed E-state index contributed by atoms with van der Waals surface area (Å²) in [5, 5.41) is 10.8. The number of aryl methyl sites for hydroxylation is 2. The minimum Gasteiger partial charge on any atom is -0.251 e. The first-order valence-electron chi connectivity index (χ1n) is 18.4. The van der Waals surface area contributed by atoms with Crippen LogP contribution in [0.4, 0.5) is 0 Å².